The molecule has 1 saturated carbocycles. The molecule has 0 heterocycles. The largest absolute Gasteiger partial charge is 0.324 e. The molecular weight excluding hydrogens is 262 g/mol. The van der Waals surface area contributed by atoms with Gasteiger partial charge in [0.05, 0.1) is 5.02 Å². The summed E-state index contributed by atoms with van der Waals surface area (Å²) in [7, 11) is 0. The van der Waals surface area contributed by atoms with Crippen molar-refractivity contribution in [1.29, 1.82) is 0 Å². The third-order valence-corrected chi connectivity index (χ3v) is 5.46. The zero-order valence-corrected chi connectivity index (χ0v) is 12.7. The molecule has 0 spiro atoms. The Morgan fingerprint density at radius 2 is 2.17 bits per heavy atom. The van der Waals surface area contributed by atoms with Gasteiger partial charge in [0.25, 0.3) is 0 Å². The third kappa shape index (κ3) is 3.66. The normalized spacial score (nSPS) is 26.0. The molecule has 0 amide bonds. The monoisotopic (exact) mass is 283 g/mol. The Hall–Kier alpha value is -0.180. The molecule has 1 nitrogen and oxygen atoms in total. The molecule has 0 radical (unpaired) electrons. The van der Waals surface area contributed by atoms with Crippen molar-refractivity contribution >= 4 is 23.4 Å². The van der Waals surface area contributed by atoms with Crippen LogP contribution < -0.4 is 5.73 Å². The first-order valence-electron chi connectivity index (χ1n) is 6.78. The molecule has 2 unspecified atom stereocenters. The van der Waals surface area contributed by atoms with E-state index in [4.69, 9.17) is 17.3 Å². The molecule has 18 heavy (non-hydrogen) atoms. The number of benzene rings is 1. The number of hydrogen-bond donors (Lipinski definition) is 1. The first-order valence-corrected chi connectivity index (χ1v) is 8.03. The maximum Gasteiger partial charge on any atom is 0.0545 e. The number of nitrogens with two attached hydrogens (primary N) is 1. The third-order valence-electron chi connectivity index (χ3n) is 3.66. The smallest absolute Gasteiger partial charge is 0.0545 e. The molecule has 0 saturated heterocycles. The molecule has 1 fully saturated rings. The molecule has 3 atom stereocenters. The van der Waals surface area contributed by atoms with E-state index in [1.807, 2.05) is 24.8 Å². The van der Waals surface area contributed by atoms with E-state index in [2.05, 4.69) is 19.1 Å². The molecule has 1 aliphatic rings. The number of hydrogen-bond acceptors (Lipinski definition) is 2. The van der Waals surface area contributed by atoms with E-state index < -0.39 is 0 Å². The van der Waals surface area contributed by atoms with Crippen LogP contribution in [0.15, 0.2) is 23.1 Å². The summed E-state index contributed by atoms with van der Waals surface area (Å²) in [6.45, 7) is 4.34. The minimum absolute atomic E-state index is 0.0521. The van der Waals surface area contributed by atoms with Gasteiger partial charge < -0.3 is 5.73 Å². The maximum absolute atomic E-state index is 6.35. The Balaban J connectivity index is 2.05. The van der Waals surface area contributed by atoms with Crippen molar-refractivity contribution in [2.75, 3.05) is 0 Å². The highest BCUT2D eigenvalue weighted by atomic mass is 35.5. The highest BCUT2D eigenvalue weighted by Gasteiger charge is 2.20. The Morgan fingerprint density at radius 3 is 2.78 bits per heavy atom. The summed E-state index contributed by atoms with van der Waals surface area (Å²) in [5, 5.41) is 1.58. The minimum Gasteiger partial charge on any atom is -0.324 e. The predicted molar refractivity (Wildman–Crippen MR) is 81.3 cm³/mol. The minimum atomic E-state index is 0.0521. The second-order valence-corrected chi connectivity index (χ2v) is 7.24. The molecule has 0 aliphatic heterocycles. The van der Waals surface area contributed by atoms with Gasteiger partial charge in [-0.3, -0.25) is 0 Å². The highest BCUT2D eigenvalue weighted by molar-refractivity contribution is 8.00. The zero-order valence-electron chi connectivity index (χ0n) is 11.2. The summed E-state index contributed by atoms with van der Waals surface area (Å²) < 4.78 is 0. The average Bonchev–Trinajstić information content (AvgIpc) is 2.31. The highest BCUT2D eigenvalue weighted by Crippen LogP contribution is 2.39. The Labute approximate surface area is 119 Å². The number of halogens is 1. The summed E-state index contributed by atoms with van der Waals surface area (Å²) in [4.78, 5) is 1.21. The van der Waals surface area contributed by atoms with Crippen LogP contribution in [-0.2, 0) is 0 Å². The van der Waals surface area contributed by atoms with E-state index in [0.717, 1.165) is 21.8 Å². The lowest BCUT2D eigenvalue weighted by molar-refractivity contribution is 0.394. The fraction of sp³-hybridized carbons (Fsp3) is 0.600. The van der Waals surface area contributed by atoms with Gasteiger partial charge in [0.15, 0.2) is 0 Å². The van der Waals surface area contributed by atoms with Crippen molar-refractivity contribution < 1.29 is 0 Å². The fourth-order valence-electron chi connectivity index (χ4n) is 2.56. The number of rotatable bonds is 3. The van der Waals surface area contributed by atoms with E-state index >= 15 is 0 Å². The van der Waals surface area contributed by atoms with Crippen LogP contribution in [0.4, 0.5) is 0 Å². The van der Waals surface area contributed by atoms with Gasteiger partial charge in [-0.1, -0.05) is 37.4 Å². The van der Waals surface area contributed by atoms with Crippen LogP contribution in [0.1, 0.15) is 51.1 Å². The molecule has 3 heteroatoms. The molecular formula is C15H22ClNS. The molecule has 100 valence electrons. The van der Waals surface area contributed by atoms with Gasteiger partial charge in [-0.15, -0.1) is 11.8 Å². The van der Waals surface area contributed by atoms with Crippen molar-refractivity contribution in [3.63, 3.8) is 0 Å². The predicted octanol–water partition coefficient (Wildman–Crippen LogP) is 5.03. The lowest BCUT2D eigenvalue weighted by atomic mass is 9.91. The lowest BCUT2D eigenvalue weighted by Crippen LogP contribution is -2.15. The van der Waals surface area contributed by atoms with Crippen LogP contribution in [0.3, 0.4) is 0 Å². The number of thioether (sulfide) groups is 1. The zero-order chi connectivity index (χ0) is 13.1. The molecule has 0 bridgehead atoms. The topological polar surface area (TPSA) is 26.0 Å². The van der Waals surface area contributed by atoms with Crippen LogP contribution in [0.5, 0.6) is 0 Å². The quantitative estimate of drug-likeness (QED) is 0.842. The second kappa shape index (κ2) is 6.31. The Morgan fingerprint density at radius 1 is 1.39 bits per heavy atom. The van der Waals surface area contributed by atoms with Gasteiger partial charge in [-0.2, -0.15) is 0 Å². The van der Waals surface area contributed by atoms with Gasteiger partial charge in [-0.25, -0.2) is 0 Å². The lowest BCUT2D eigenvalue weighted by Gasteiger charge is -2.26. The molecule has 1 aromatic carbocycles. The van der Waals surface area contributed by atoms with Crippen LogP contribution >= 0.6 is 23.4 Å². The van der Waals surface area contributed by atoms with E-state index in [1.54, 1.807) is 0 Å². The summed E-state index contributed by atoms with van der Waals surface area (Å²) in [6, 6.07) is 6.30. The first kappa shape index (κ1) is 14.2. The van der Waals surface area contributed by atoms with Gasteiger partial charge in [-0.05, 0) is 43.4 Å². The van der Waals surface area contributed by atoms with E-state index in [1.165, 1.54) is 30.6 Å². The molecule has 0 aromatic heterocycles. The van der Waals surface area contributed by atoms with Crippen LogP contribution in [0, 0.1) is 5.92 Å². The summed E-state index contributed by atoms with van der Waals surface area (Å²) >= 11 is 8.30. The van der Waals surface area contributed by atoms with E-state index in [0.29, 0.717) is 0 Å². The molecule has 2 N–H and O–H groups in total. The van der Waals surface area contributed by atoms with Gasteiger partial charge in [0.1, 0.15) is 0 Å². The van der Waals surface area contributed by atoms with Crippen molar-refractivity contribution in [3.05, 3.63) is 28.8 Å². The molecule has 2 rings (SSSR count). The van der Waals surface area contributed by atoms with Crippen molar-refractivity contribution in [2.45, 2.75) is 55.7 Å². The van der Waals surface area contributed by atoms with Crippen LogP contribution in [0.2, 0.25) is 5.02 Å². The first-order chi connectivity index (χ1) is 8.56. The van der Waals surface area contributed by atoms with Crippen molar-refractivity contribution in [2.24, 2.45) is 11.7 Å². The van der Waals surface area contributed by atoms with Gasteiger partial charge >= 0.3 is 0 Å². The SMILES string of the molecule is CC1CCCC(Sc2ccc([C@@H](C)N)cc2Cl)C1. The van der Waals surface area contributed by atoms with Crippen LogP contribution in [0.25, 0.3) is 0 Å². The molecule has 1 aromatic rings. The van der Waals surface area contributed by atoms with Crippen molar-refractivity contribution in [1.82, 2.24) is 0 Å². The summed E-state index contributed by atoms with van der Waals surface area (Å²) in [6.07, 6.45) is 5.37. The fourth-order valence-corrected chi connectivity index (χ4v) is 4.27. The Bertz CT molecular complexity index is 405. The van der Waals surface area contributed by atoms with Gasteiger partial charge in [0, 0.05) is 16.2 Å². The maximum atomic E-state index is 6.35. The summed E-state index contributed by atoms with van der Waals surface area (Å²) in [5.74, 6) is 0.860. The standard InChI is InChI=1S/C15H22ClNS/c1-10-4-3-5-13(8-10)18-15-7-6-12(11(2)17)9-14(15)16/h6-7,9-11,13H,3-5,8,17H2,1-2H3/t10?,11-,13?/m1/s1. The van der Waals surface area contributed by atoms with E-state index in [9.17, 15) is 0 Å². The summed E-state index contributed by atoms with van der Waals surface area (Å²) in [5.41, 5.74) is 6.98. The molecule has 1 aliphatic carbocycles. The second-order valence-electron chi connectivity index (χ2n) is 5.49. The van der Waals surface area contributed by atoms with Crippen LogP contribution in [-0.4, -0.2) is 5.25 Å². The Kier molecular flexibility index (Phi) is 4.99. The van der Waals surface area contributed by atoms with E-state index in [-0.39, 0.29) is 6.04 Å². The van der Waals surface area contributed by atoms with Gasteiger partial charge in [0.2, 0.25) is 0 Å². The average molecular weight is 284 g/mol. The van der Waals surface area contributed by atoms with Crippen molar-refractivity contribution in [3.8, 4) is 0 Å².